The third-order valence-electron chi connectivity index (χ3n) is 1.96. The maximum Gasteiger partial charge on any atom is 0.274 e. The van der Waals surface area contributed by atoms with E-state index in [4.69, 9.17) is 0 Å². The van der Waals surface area contributed by atoms with Crippen LogP contribution in [-0.2, 0) is 10.7 Å². The van der Waals surface area contributed by atoms with E-state index in [1.54, 1.807) is 0 Å². The summed E-state index contributed by atoms with van der Waals surface area (Å²) < 4.78 is 0. The molecule has 1 aromatic carbocycles. The third-order valence-corrected chi connectivity index (χ3v) is 3.17. The molecular weight excluding hydrogens is 348 g/mol. The van der Waals surface area contributed by atoms with Gasteiger partial charge in [-0.1, -0.05) is 31.9 Å². The molecule has 0 aliphatic carbocycles. The number of hydrogen-bond donors (Lipinski definition) is 0. The molecule has 0 unspecified atom stereocenters. The van der Waals surface area contributed by atoms with Gasteiger partial charge in [0.05, 0.1) is 9.85 Å². The zero-order chi connectivity index (χ0) is 12.3. The molecule has 1 aromatic rings. The number of nitrogens with zero attached hydrogens (tertiary/aromatic N) is 2. The van der Waals surface area contributed by atoms with E-state index in [1.165, 1.54) is 12.1 Å². The Morgan fingerprint density at radius 2 is 1.25 bits per heavy atom. The SMILES string of the molecule is O=[N+]([O-])c1cc(CBr)c([N+](=O)[O-])cc1CBr. The average Bonchev–Trinajstić information content (AvgIpc) is 2.26. The number of rotatable bonds is 4. The summed E-state index contributed by atoms with van der Waals surface area (Å²) in [5, 5.41) is 21.9. The minimum absolute atomic E-state index is 0.114. The fourth-order valence-corrected chi connectivity index (χ4v) is 2.12. The predicted molar refractivity (Wildman–Crippen MR) is 65.0 cm³/mol. The van der Waals surface area contributed by atoms with E-state index < -0.39 is 9.85 Å². The Morgan fingerprint density at radius 3 is 1.44 bits per heavy atom. The number of nitro benzene ring substituents is 2. The summed E-state index contributed by atoms with van der Waals surface area (Å²) in [6.07, 6.45) is 0. The molecule has 0 fully saturated rings. The van der Waals surface area contributed by atoms with Gasteiger partial charge in [0.1, 0.15) is 0 Å². The van der Waals surface area contributed by atoms with Crippen LogP contribution in [0.4, 0.5) is 11.4 Å². The van der Waals surface area contributed by atoms with E-state index >= 15 is 0 Å². The standard InChI is InChI=1S/C8H6Br2N2O4/c9-3-5-1-7(11(13)14)6(4-10)2-8(5)12(15)16/h1-2H,3-4H2. The first-order valence-corrected chi connectivity index (χ1v) is 6.32. The first-order valence-electron chi connectivity index (χ1n) is 4.07. The van der Waals surface area contributed by atoms with Crippen LogP contribution in [0.15, 0.2) is 12.1 Å². The Bertz CT molecular complexity index is 408. The van der Waals surface area contributed by atoms with Gasteiger partial charge in [0.15, 0.2) is 0 Å². The van der Waals surface area contributed by atoms with Gasteiger partial charge in [0, 0.05) is 33.9 Å². The number of benzene rings is 1. The van der Waals surface area contributed by atoms with Crippen LogP contribution in [0, 0.1) is 20.2 Å². The van der Waals surface area contributed by atoms with Crippen molar-refractivity contribution in [2.45, 2.75) is 10.7 Å². The van der Waals surface area contributed by atoms with E-state index in [-0.39, 0.29) is 22.0 Å². The topological polar surface area (TPSA) is 86.3 Å². The minimum Gasteiger partial charge on any atom is -0.258 e. The van der Waals surface area contributed by atoms with Gasteiger partial charge in [-0.25, -0.2) is 0 Å². The number of halogens is 2. The van der Waals surface area contributed by atoms with Crippen molar-refractivity contribution in [1.29, 1.82) is 0 Å². The van der Waals surface area contributed by atoms with E-state index in [9.17, 15) is 20.2 Å². The largest absolute Gasteiger partial charge is 0.274 e. The molecule has 1 rings (SSSR count). The molecule has 0 heterocycles. The molecule has 0 atom stereocenters. The van der Waals surface area contributed by atoms with Crippen LogP contribution in [0.5, 0.6) is 0 Å². The van der Waals surface area contributed by atoms with Crippen LogP contribution in [0.1, 0.15) is 11.1 Å². The van der Waals surface area contributed by atoms with Gasteiger partial charge < -0.3 is 0 Å². The third kappa shape index (κ3) is 2.56. The van der Waals surface area contributed by atoms with E-state index in [2.05, 4.69) is 31.9 Å². The molecule has 0 amide bonds. The Hall–Kier alpha value is -1.02. The van der Waals surface area contributed by atoms with E-state index in [1.807, 2.05) is 0 Å². The van der Waals surface area contributed by atoms with Crippen molar-refractivity contribution in [2.24, 2.45) is 0 Å². The molecular formula is C8H6Br2N2O4. The van der Waals surface area contributed by atoms with Gasteiger partial charge in [-0.3, -0.25) is 20.2 Å². The summed E-state index contributed by atoms with van der Waals surface area (Å²) in [6, 6.07) is 2.45. The molecule has 0 aliphatic heterocycles. The van der Waals surface area contributed by atoms with Gasteiger partial charge in [-0.05, 0) is 0 Å². The van der Waals surface area contributed by atoms with Crippen LogP contribution in [0.3, 0.4) is 0 Å². The Balaban J connectivity index is 3.46. The second-order valence-corrected chi connectivity index (χ2v) is 4.01. The summed E-state index contributed by atoms with van der Waals surface area (Å²) in [5.41, 5.74) is 0.358. The molecule has 8 heteroatoms. The summed E-state index contributed by atoms with van der Waals surface area (Å²) in [7, 11) is 0. The molecule has 0 aromatic heterocycles. The summed E-state index contributed by atoms with van der Waals surface area (Å²) in [5.74, 6) is 0. The average molecular weight is 354 g/mol. The summed E-state index contributed by atoms with van der Waals surface area (Å²) in [6.45, 7) is 0. The molecule has 86 valence electrons. The van der Waals surface area contributed by atoms with Crippen LogP contribution in [0.2, 0.25) is 0 Å². The van der Waals surface area contributed by atoms with Gasteiger partial charge in [-0.2, -0.15) is 0 Å². The Morgan fingerprint density at radius 1 is 0.938 bits per heavy atom. The van der Waals surface area contributed by atoms with E-state index in [0.29, 0.717) is 11.1 Å². The van der Waals surface area contributed by atoms with Gasteiger partial charge in [0.2, 0.25) is 0 Å². The molecule has 0 radical (unpaired) electrons. The van der Waals surface area contributed by atoms with Crippen LogP contribution >= 0.6 is 31.9 Å². The van der Waals surface area contributed by atoms with Crippen molar-refractivity contribution in [3.63, 3.8) is 0 Å². The fraction of sp³-hybridized carbons (Fsp3) is 0.250. The number of nitro groups is 2. The lowest BCUT2D eigenvalue weighted by Gasteiger charge is -2.03. The maximum absolute atomic E-state index is 10.7. The lowest BCUT2D eigenvalue weighted by molar-refractivity contribution is -0.390. The minimum atomic E-state index is -0.549. The molecule has 0 saturated heterocycles. The van der Waals surface area contributed by atoms with Gasteiger partial charge in [-0.15, -0.1) is 0 Å². The van der Waals surface area contributed by atoms with Gasteiger partial charge >= 0.3 is 0 Å². The van der Waals surface area contributed by atoms with Crippen molar-refractivity contribution in [3.05, 3.63) is 43.5 Å². The molecule has 6 nitrogen and oxygen atoms in total. The quantitative estimate of drug-likeness (QED) is 0.472. The normalized spacial score (nSPS) is 10.1. The smallest absolute Gasteiger partial charge is 0.258 e. The molecule has 0 N–H and O–H groups in total. The highest BCUT2D eigenvalue weighted by Crippen LogP contribution is 2.31. The first kappa shape index (κ1) is 13.0. The zero-order valence-electron chi connectivity index (χ0n) is 7.85. The summed E-state index contributed by atoms with van der Waals surface area (Å²) >= 11 is 6.14. The van der Waals surface area contributed by atoms with Crippen LogP contribution in [-0.4, -0.2) is 9.85 Å². The lowest BCUT2D eigenvalue weighted by atomic mass is 10.1. The van der Waals surface area contributed by atoms with E-state index in [0.717, 1.165) is 0 Å². The number of hydrogen-bond acceptors (Lipinski definition) is 4. The van der Waals surface area contributed by atoms with Crippen LogP contribution < -0.4 is 0 Å². The molecule has 0 spiro atoms. The van der Waals surface area contributed by atoms with Crippen molar-refractivity contribution in [1.82, 2.24) is 0 Å². The molecule has 16 heavy (non-hydrogen) atoms. The number of alkyl halides is 2. The van der Waals surface area contributed by atoms with Gasteiger partial charge in [0.25, 0.3) is 11.4 Å². The van der Waals surface area contributed by atoms with Crippen molar-refractivity contribution in [3.8, 4) is 0 Å². The fourth-order valence-electron chi connectivity index (χ4n) is 1.22. The predicted octanol–water partition coefficient (Wildman–Crippen LogP) is 3.29. The summed E-state index contributed by atoms with van der Waals surface area (Å²) in [4.78, 5) is 20.4. The monoisotopic (exact) mass is 352 g/mol. The second kappa shape index (κ2) is 5.35. The van der Waals surface area contributed by atoms with Crippen molar-refractivity contribution < 1.29 is 9.85 Å². The highest BCUT2D eigenvalue weighted by molar-refractivity contribution is 9.08. The molecule has 0 saturated carbocycles. The van der Waals surface area contributed by atoms with Crippen molar-refractivity contribution in [2.75, 3.05) is 0 Å². The van der Waals surface area contributed by atoms with Crippen LogP contribution in [0.25, 0.3) is 0 Å². The lowest BCUT2D eigenvalue weighted by Crippen LogP contribution is -2.00. The Kier molecular flexibility index (Phi) is 4.36. The Labute approximate surface area is 107 Å². The zero-order valence-corrected chi connectivity index (χ0v) is 11.0. The molecule has 0 bridgehead atoms. The maximum atomic E-state index is 10.7. The highest BCUT2D eigenvalue weighted by atomic mass is 79.9. The van der Waals surface area contributed by atoms with Crippen molar-refractivity contribution >= 4 is 43.2 Å². The first-order chi connectivity index (χ1) is 7.51. The molecule has 0 aliphatic rings. The highest BCUT2D eigenvalue weighted by Gasteiger charge is 2.22. The second-order valence-electron chi connectivity index (χ2n) is 2.89.